The maximum atomic E-state index is 12.3. The highest BCUT2D eigenvalue weighted by molar-refractivity contribution is 8.00. The van der Waals surface area contributed by atoms with E-state index in [9.17, 15) is 9.59 Å². The molecule has 3 heterocycles. The molecule has 1 unspecified atom stereocenters. The Morgan fingerprint density at radius 1 is 1.31 bits per heavy atom. The number of amides is 1. The molecule has 0 bridgehead atoms. The lowest BCUT2D eigenvalue weighted by Crippen LogP contribution is -2.26. The van der Waals surface area contributed by atoms with E-state index in [1.807, 2.05) is 6.92 Å². The van der Waals surface area contributed by atoms with Gasteiger partial charge in [-0.1, -0.05) is 5.16 Å². The van der Waals surface area contributed by atoms with Crippen molar-refractivity contribution in [2.75, 3.05) is 5.32 Å². The Bertz CT molecular complexity index is 964. The largest absolute Gasteiger partial charge is 0.461 e. The molecule has 0 radical (unpaired) electrons. The fourth-order valence-corrected chi connectivity index (χ4v) is 3.40. The number of esters is 1. The molecule has 1 aliphatic heterocycles. The van der Waals surface area contributed by atoms with Gasteiger partial charge in [-0.05, 0) is 37.3 Å². The van der Waals surface area contributed by atoms with Crippen LogP contribution >= 0.6 is 11.8 Å². The average molecular weight is 370 g/mol. The number of nitrogens with zero attached hydrogens (tertiary/aromatic N) is 1. The molecule has 2 aromatic heterocycles. The zero-order chi connectivity index (χ0) is 18.1. The lowest BCUT2D eigenvalue weighted by molar-refractivity contribution is -0.115. The number of hydrogen-bond acceptors (Lipinski definition) is 7. The molecule has 0 spiro atoms. The van der Waals surface area contributed by atoms with Gasteiger partial charge in [-0.3, -0.25) is 4.79 Å². The summed E-state index contributed by atoms with van der Waals surface area (Å²) in [6.07, 6.45) is 1.53. The minimum absolute atomic E-state index is 0.0295. The fourth-order valence-electron chi connectivity index (χ4n) is 2.47. The molecule has 1 N–H and O–H groups in total. The van der Waals surface area contributed by atoms with Crippen molar-refractivity contribution in [2.45, 2.75) is 23.7 Å². The Morgan fingerprint density at radius 2 is 2.19 bits per heavy atom. The highest BCUT2D eigenvalue weighted by atomic mass is 32.2. The number of fused-ring (bicyclic) bond motifs is 1. The first-order chi connectivity index (χ1) is 12.6. The predicted octanol–water partition coefficient (Wildman–Crippen LogP) is 3.72. The Morgan fingerprint density at radius 3 is 3.00 bits per heavy atom. The number of furan rings is 1. The molecule has 1 aliphatic rings. The highest BCUT2D eigenvalue weighted by Gasteiger charge is 2.24. The van der Waals surface area contributed by atoms with Crippen LogP contribution in [0, 0.1) is 0 Å². The number of aromatic nitrogens is 1. The van der Waals surface area contributed by atoms with Crippen molar-refractivity contribution in [1.82, 2.24) is 5.16 Å². The molecule has 0 saturated carbocycles. The second-order valence-electron chi connectivity index (χ2n) is 5.70. The van der Waals surface area contributed by atoms with Crippen LogP contribution in [-0.4, -0.2) is 22.3 Å². The highest BCUT2D eigenvalue weighted by Crippen LogP contribution is 2.36. The number of ether oxygens (including phenoxy) is 1. The van der Waals surface area contributed by atoms with Gasteiger partial charge in [0.2, 0.25) is 11.7 Å². The minimum atomic E-state index is -0.506. The van der Waals surface area contributed by atoms with Crippen molar-refractivity contribution in [2.24, 2.45) is 0 Å². The molecule has 7 nitrogen and oxygen atoms in total. The van der Waals surface area contributed by atoms with Gasteiger partial charge in [0, 0.05) is 11.0 Å². The molecule has 4 rings (SSSR count). The Hall–Kier alpha value is -3.00. The van der Waals surface area contributed by atoms with Gasteiger partial charge >= 0.3 is 5.97 Å². The van der Waals surface area contributed by atoms with E-state index < -0.39 is 5.97 Å². The summed E-state index contributed by atoms with van der Waals surface area (Å²) in [6, 6.07) is 10.2. The summed E-state index contributed by atoms with van der Waals surface area (Å²) in [4.78, 5) is 25.0. The summed E-state index contributed by atoms with van der Waals surface area (Å²) in [5, 5.41) is 6.49. The lowest BCUT2D eigenvalue weighted by atomic mass is 10.2. The molecule has 132 valence electrons. The van der Waals surface area contributed by atoms with Crippen molar-refractivity contribution >= 4 is 29.3 Å². The van der Waals surface area contributed by atoms with E-state index in [2.05, 4.69) is 10.5 Å². The van der Waals surface area contributed by atoms with E-state index >= 15 is 0 Å². The number of rotatable bonds is 4. The monoisotopic (exact) mass is 370 g/mol. The van der Waals surface area contributed by atoms with Crippen LogP contribution < -0.4 is 5.32 Å². The van der Waals surface area contributed by atoms with Gasteiger partial charge < -0.3 is 19.0 Å². The average Bonchev–Trinajstić information content (AvgIpc) is 3.31. The van der Waals surface area contributed by atoms with E-state index in [0.717, 1.165) is 4.90 Å². The summed E-state index contributed by atoms with van der Waals surface area (Å²) < 4.78 is 15.6. The third-order valence-corrected chi connectivity index (χ3v) is 5.00. The maximum Gasteiger partial charge on any atom is 0.338 e. The van der Waals surface area contributed by atoms with Crippen molar-refractivity contribution in [1.29, 1.82) is 0 Å². The van der Waals surface area contributed by atoms with Crippen LogP contribution in [0.3, 0.4) is 0 Å². The number of anilines is 1. The summed E-state index contributed by atoms with van der Waals surface area (Å²) in [7, 11) is 0. The molecule has 1 aromatic carbocycles. The van der Waals surface area contributed by atoms with Crippen LogP contribution in [-0.2, 0) is 16.1 Å². The summed E-state index contributed by atoms with van der Waals surface area (Å²) in [6.45, 7) is 1.80. The van der Waals surface area contributed by atoms with Crippen molar-refractivity contribution in [3.05, 3.63) is 53.9 Å². The number of hydrogen-bond donors (Lipinski definition) is 1. The normalized spacial score (nSPS) is 16.0. The smallest absolute Gasteiger partial charge is 0.338 e. The van der Waals surface area contributed by atoms with E-state index in [0.29, 0.717) is 28.5 Å². The van der Waals surface area contributed by atoms with Crippen LogP contribution in [0.5, 0.6) is 0 Å². The molecule has 26 heavy (non-hydrogen) atoms. The Labute approximate surface area is 152 Å². The first-order valence-electron chi connectivity index (χ1n) is 7.88. The first kappa shape index (κ1) is 16.5. The van der Waals surface area contributed by atoms with Crippen molar-refractivity contribution in [3.8, 4) is 11.5 Å². The van der Waals surface area contributed by atoms with Crippen LogP contribution in [0.4, 0.5) is 5.69 Å². The number of benzene rings is 1. The quantitative estimate of drug-likeness (QED) is 0.699. The SMILES string of the molecule is CC1Sc2ccc(C(=O)OCc3cc(-c4ccco4)on3)cc2NC1=O. The third kappa shape index (κ3) is 3.23. The predicted molar refractivity (Wildman–Crippen MR) is 93.7 cm³/mol. The standard InChI is InChI=1S/C18H14N2O5S/c1-10-17(21)19-13-7-11(4-5-16(13)26-10)18(22)24-9-12-8-15(25-20-12)14-3-2-6-23-14/h2-8,10H,9H2,1H3,(H,19,21). The van der Waals surface area contributed by atoms with Gasteiger partial charge in [-0.25, -0.2) is 4.79 Å². The second kappa shape index (κ2) is 6.72. The second-order valence-corrected chi connectivity index (χ2v) is 7.08. The molecule has 1 atom stereocenters. The fraction of sp³-hybridized carbons (Fsp3) is 0.167. The summed E-state index contributed by atoms with van der Waals surface area (Å²) >= 11 is 1.46. The number of thioether (sulfide) groups is 1. The molecule has 0 fully saturated rings. The molecule has 8 heteroatoms. The summed E-state index contributed by atoms with van der Waals surface area (Å²) in [5.41, 5.74) is 1.45. The lowest BCUT2D eigenvalue weighted by Gasteiger charge is -2.21. The van der Waals surface area contributed by atoms with Gasteiger partial charge in [0.15, 0.2) is 5.76 Å². The molecular formula is C18H14N2O5S. The number of carbonyl (C=O) groups is 2. The van der Waals surface area contributed by atoms with Crippen LogP contribution in [0.15, 0.2) is 56.5 Å². The molecule has 0 saturated heterocycles. The van der Waals surface area contributed by atoms with Gasteiger partial charge in [-0.2, -0.15) is 0 Å². The Balaban J connectivity index is 1.43. The van der Waals surface area contributed by atoms with Crippen LogP contribution in [0.2, 0.25) is 0 Å². The van der Waals surface area contributed by atoms with Crippen molar-refractivity contribution < 1.29 is 23.3 Å². The van der Waals surface area contributed by atoms with Crippen LogP contribution in [0.25, 0.3) is 11.5 Å². The Kier molecular flexibility index (Phi) is 4.26. The zero-order valence-corrected chi connectivity index (χ0v) is 14.5. The minimum Gasteiger partial charge on any atom is -0.461 e. The van der Waals surface area contributed by atoms with Gasteiger partial charge in [-0.15, -0.1) is 11.8 Å². The topological polar surface area (TPSA) is 94.6 Å². The molecule has 3 aromatic rings. The zero-order valence-electron chi connectivity index (χ0n) is 13.7. The number of nitrogens with one attached hydrogen (secondary N) is 1. The van der Waals surface area contributed by atoms with Gasteiger partial charge in [0.05, 0.1) is 22.8 Å². The van der Waals surface area contributed by atoms with E-state index in [1.54, 1.807) is 36.4 Å². The third-order valence-electron chi connectivity index (χ3n) is 3.82. The van der Waals surface area contributed by atoms with Crippen LogP contribution in [0.1, 0.15) is 23.0 Å². The van der Waals surface area contributed by atoms with Gasteiger partial charge in [0.25, 0.3) is 0 Å². The molecule has 0 aliphatic carbocycles. The van der Waals surface area contributed by atoms with Gasteiger partial charge in [0.1, 0.15) is 12.3 Å². The first-order valence-corrected chi connectivity index (χ1v) is 8.76. The van der Waals surface area contributed by atoms with E-state index in [1.165, 1.54) is 18.0 Å². The van der Waals surface area contributed by atoms with E-state index in [-0.39, 0.29) is 17.8 Å². The molecular weight excluding hydrogens is 356 g/mol. The van der Waals surface area contributed by atoms with Crippen molar-refractivity contribution in [3.63, 3.8) is 0 Å². The maximum absolute atomic E-state index is 12.3. The molecule has 1 amide bonds. The number of carbonyl (C=O) groups excluding carboxylic acids is 2. The van der Waals surface area contributed by atoms with E-state index in [4.69, 9.17) is 13.7 Å². The summed E-state index contributed by atoms with van der Waals surface area (Å²) in [5.74, 6) is 0.421.